The van der Waals surface area contributed by atoms with Crippen LogP contribution in [-0.2, 0) is 0 Å². The Morgan fingerprint density at radius 3 is 2.64 bits per heavy atom. The van der Waals surface area contributed by atoms with Gasteiger partial charge in [-0.3, -0.25) is 9.20 Å². The number of nitrogens with zero attached hydrogens (tertiary/aromatic N) is 4. The Hall–Kier alpha value is -1.91. The molecule has 6 rings (SSSR count). The van der Waals surface area contributed by atoms with Gasteiger partial charge in [0, 0.05) is 31.2 Å². The van der Waals surface area contributed by atoms with Crippen molar-refractivity contribution < 1.29 is 4.79 Å². The van der Waals surface area contributed by atoms with Crippen LogP contribution in [0.2, 0.25) is 0 Å². The van der Waals surface area contributed by atoms with Gasteiger partial charge < -0.3 is 4.90 Å². The van der Waals surface area contributed by atoms with Crippen LogP contribution in [0.15, 0.2) is 24.7 Å². The van der Waals surface area contributed by atoms with Crippen LogP contribution in [-0.4, -0.2) is 37.8 Å². The van der Waals surface area contributed by atoms with Crippen LogP contribution in [0.25, 0.3) is 5.78 Å². The molecule has 2 unspecified atom stereocenters. The van der Waals surface area contributed by atoms with Crippen molar-refractivity contribution in [2.45, 2.75) is 38.1 Å². The number of amides is 1. The molecular formula is C17H20N4O. The third-order valence-corrected chi connectivity index (χ3v) is 5.82. The van der Waals surface area contributed by atoms with E-state index in [1.54, 1.807) is 6.20 Å². The third kappa shape index (κ3) is 1.87. The fraction of sp³-hybridized carbons (Fsp3) is 0.588. The Morgan fingerprint density at radius 1 is 1.09 bits per heavy atom. The smallest absolute Gasteiger partial charge is 0.274 e. The van der Waals surface area contributed by atoms with Crippen LogP contribution in [0, 0.1) is 17.8 Å². The lowest BCUT2D eigenvalue weighted by Crippen LogP contribution is -2.42. The highest BCUT2D eigenvalue weighted by Gasteiger charge is 2.44. The third-order valence-electron chi connectivity index (χ3n) is 5.82. The highest BCUT2D eigenvalue weighted by atomic mass is 16.2. The molecule has 5 nitrogen and oxygen atoms in total. The molecule has 0 N–H and O–H groups in total. The first-order chi connectivity index (χ1) is 10.8. The number of hydrogen-bond acceptors (Lipinski definition) is 3. The van der Waals surface area contributed by atoms with Crippen molar-refractivity contribution in [3.63, 3.8) is 0 Å². The zero-order valence-electron chi connectivity index (χ0n) is 12.6. The van der Waals surface area contributed by atoms with E-state index in [9.17, 15) is 4.79 Å². The number of aromatic nitrogens is 3. The Morgan fingerprint density at radius 2 is 1.86 bits per heavy atom. The van der Waals surface area contributed by atoms with E-state index < -0.39 is 0 Å². The van der Waals surface area contributed by atoms with E-state index in [0.717, 1.165) is 18.4 Å². The topological polar surface area (TPSA) is 50.5 Å². The van der Waals surface area contributed by atoms with Gasteiger partial charge in [0.1, 0.15) is 5.69 Å². The predicted octanol–water partition coefficient (Wildman–Crippen LogP) is 2.38. The molecule has 114 valence electrons. The largest absolute Gasteiger partial charge is 0.334 e. The number of imidazole rings is 1. The lowest BCUT2D eigenvalue weighted by atomic mass is 9.68. The molecule has 1 amide bonds. The molecule has 0 radical (unpaired) electrons. The first kappa shape index (κ1) is 12.6. The molecule has 2 saturated carbocycles. The standard InChI is InChI=1S/C17H20N4O/c22-16(15-10-20-3-1-2-18-17(20)19-15)21-9-13-5-11-4-12(6-13)8-14(21)7-11/h1-3,10-14H,4-9H2. The van der Waals surface area contributed by atoms with Gasteiger partial charge in [0.25, 0.3) is 5.91 Å². The maximum atomic E-state index is 13.0. The second kappa shape index (κ2) is 4.54. The number of fused-ring (bicyclic) bond motifs is 2. The van der Waals surface area contributed by atoms with Crippen molar-refractivity contribution in [2.75, 3.05) is 6.54 Å². The molecule has 0 spiro atoms. The molecule has 4 fully saturated rings. The maximum Gasteiger partial charge on any atom is 0.274 e. The summed E-state index contributed by atoms with van der Waals surface area (Å²) in [6.45, 7) is 0.928. The molecule has 0 aromatic carbocycles. The summed E-state index contributed by atoms with van der Waals surface area (Å²) in [6, 6.07) is 2.29. The van der Waals surface area contributed by atoms with Gasteiger partial charge in [-0.1, -0.05) is 0 Å². The molecule has 4 aliphatic rings. The minimum atomic E-state index is 0.101. The number of carbonyl (C=O) groups is 1. The number of hydrogen-bond donors (Lipinski definition) is 0. The highest BCUT2D eigenvalue weighted by molar-refractivity contribution is 5.93. The van der Waals surface area contributed by atoms with Gasteiger partial charge in [-0.25, -0.2) is 9.97 Å². The summed E-state index contributed by atoms with van der Waals surface area (Å²) in [4.78, 5) is 23.8. The summed E-state index contributed by atoms with van der Waals surface area (Å²) in [5.41, 5.74) is 0.542. The van der Waals surface area contributed by atoms with E-state index in [-0.39, 0.29) is 5.91 Å². The Kier molecular flexibility index (Phi) is 2.60. The molecule has 2 aliphatic heterocycles. The fourth-order valence-electron chi connectivity index (χ4n) is 5.11. The van der Waals surface area contributed by atoms with Gasteiger partial charge in [-0.05, 0) is 55.9 Å². The lowest BCUT2D eigenvalue weighted by molar-refractivity contribution is 0.0627. The van der Waals surface area contributed by atoms with Crippen molar-refractivity contribution in [3.8, 4) is 0 Å². The van der Waals surface area contributed by atoms with E-state index in [1.807, 2.05) is 22.9 Å². The van der Waals surface area contributed by atoms with Crippen molar-refractivity contribution >= 4 is 11.7 Å². The van der Waals surface area contributed by atoms with Crippen molar-refractivity contribution in [2.24, 2.45) is 17.8 Å². The monoisotopic (exact) mass is 296 g/mol. The molecule has 5 heteroatoms. The molecule has 4 heterocycles. The molecule has 2 aliphatic carbocycles. The number of carbonyl (C=O) groups excluding carboxylic acids is 1. The van der Waals surface area contributed by atoms with Crippen LogP contribution in [0.4, 0.5) is 0 Å². The van der Waals surface area contributed by atoms with Crippen molar-refractivity contribution in [1.82, 2.24) is 19.3 Å². The molecule has 2 aromatic heterocycles. The molecule has 2 saturated heterocycles. The molecule has 2 atom stereocenters. The maximum absolute atomic E-state index is 13.0. The Bertz CT molecular complexity index is 692. The molecule has 22 heavy (non-hydrogen) atoms. The summed E-state index contributed by atoms with van der Waals surface area (Å²) < 4.78 is 1.83. The van der Waals surface area contributed by atoms with E-state index in [4.69, 9.17) is 0 Å². The van der Waals surface area contributed by atoms with Crippen LogP contribution in [0.5, 0.6) is 0 Å². The quantitative estimate of drug-likeness (QED) is 0.812. The van der Waals surface area contributed by atoms with Crippen molar-refractivity contribution in [3.05, 3.63) is 30.4 Å². The zero-order chi connectivity index (χ0) is 14.7. The lowest BCUT2D eigenvalue weighted by Gasteiger charge is -2.38. The normalized spacial score (nSPS) is 33.4. The van der Waals surface area contributed by atoms with Crippen molar-refractivity contribution in [1.29, 1.82) is 0 Å². The average molecular weight is 296 g/mol. The second-order valence-corrected chi connectivity index (χ2v) is 7.34. The van der Waals surface area contributed by atoms with Gasteiger partial charge in [0.05, 0.1) is 0 Å². The van der Waals surface area contributed by atoms with E-state index in [0.29, 0.717) is 23.4 Å². The summed E-state index contributed by atoms with van der Waals surface area (Å²) in [6.07, 6.45) is 11.9. The van der Waals surface area contributed by atoms with Gasteiger partial charge in [0.15, 0.2) is 0 Å². The second-order valence-electron chi connectivity index (χ2n) is 7.34. The summed E-state index contributed by atoms with van der Waals surface area (Å²) >= 11 is 0. The molecular weight excluding hydrogens is 276 g/mol. The zero-order valence-corrected chi connectivity index (χ0v) is 12.6. The Balaban J connectivity index is 1.49. The highest BCUT2D eigenvalue weighted by Crippen LogP contribution is 2.47. The van der Waals surface area contributed by atoms with Gasteiger partial charge in [0.2, 0.25) is 5.78 Å². The molecule has 4 bridgehead atoms. The Labute approximate surface area is 129 Å². The summed E-state index contributed by atoms with van der Waals surface area (Å²) in [5, 5.41) is 0. The van der Waals surface area contributed by atoms with E-state index in [2.05, 4.69) is 14.9 Å². The minimum Gasteiger partial charge on any atom is -0.334 e. The fourth-order valence-corrected chi connectivity index (χ4v) is 5.11. The van der Waals surface area contributed by atoms with Gasteiger partial charge in [-0.2, -0.15) is 0 Å². The van der Waals surface area contributed by atoms with Crippen LogP contribution in [0.1, 0.15) is 42.6 Å². The first-order valence-electron chi connectivity index (χ1n) is 8.37. The predicted molar refractivity (Wildman–Crippen MR) is 81.4 cm³/mol. The van der Waals surface area contributed by atoms with Crippen LogP contribution in [0.3, 0.4) is 0 Å². The summed E-state index contributed by atoms with van der Waals surface area (Å²) in [7, 11) is 0. The average Bonchev–Trinajstić information content (AvgIpc) is 2.85. The SMILES string of the molecule is O=C(c1cn2cccnc2n1)N1CC2CC3CC(C2)CC1C3. The summed E-state index contributed by atoms with van der Waals surface area (Å²) in [5.74, 6) is 3.11. The van der Waals surface area contributed by atoms with Crippen LogP contribution >= 0.6 is 0 Å². The minimum absolute atomic E-state index is 0.101. The first-order valence-corrected chi connectivity index (χ1v) is 8.37. The van der Waals surface area contributed by atoms with Crippen LogP contribution < -0.4 is 0 Å². The molecule has 2 aromatic rings. The van der Waals surface area contributed by atoms with E-state index in [1.165, 1.54) is 32.1 Å². The number of rotatable bonds is 1. The van der Waals surface area contributed by atoms with Gasteiger partial charge >= 0.3 is 0 Å². The van der Waals surface area contributed by atoms with E-state index >= 15 is 0 Å². The van der Waals surface area contributed by atoms with Gasteiger partial charge in [-0.15, -0.1) is 0 Å².